The number of hydrogen-bond acceptors (Lipinski definition) is 1. The van der Waals surface area contributed by atoms with Gasteiger partial charge in [0.1, 0.15) is 0 Å². The lowest BCUT2D eigenvalue weighted by Gasteiger charge is -2.35. The third-order valence-corrected chi connectivity index (χ3v) is 11.8. The van der Waals surface area contributed by atoms with Crippen LogP contribution in [0.15, 0.2) is 212 Å². The molecular weight excluding hydrogens is 675 g/mol. The molecule has 1 heteroatoms. The van der Waals surface area contributed by atoms with Crippen molar-refractivity contribution in [1.29, 1.82) is 0 Å². The van der Waals surface area contributed by atoms with Gasteiger partial charge < -0.3 is 4.90 Å². The van der Waals surface area contributed by atoms with Gasteiger partial charge in [-0.1, -0.05) is 182 Å². The molecule has 0 amide bonds. The molecule has 266 valence electrons. The maximum atomic E-state index is 2.52. The zero-order valence-electron chi connectivity index (χ0n) is 31.7. The summed E-state index contributed by atoms with van der Waals surface area (Å²) in [4.78, 5) is 2.52. The highest BCUT2D eigenvalue weighted by molar-refractivity contribution is 6.01. The zero-order chi connectivity index (χ0) is 37.6. The van der Waals surface area contributed by atoms with Gasteiger partial charge in [-0.05, 0) is 111 Å². The van der Waals surface area contributed by atoms with E-state index >= 15 is 0 Å². The third-order valence-electron chi connectivity index (χ3n) is 11.8. The Morgan fingerprint density at radius 2 is 0.929 bits per heavy atom. The first kappa shape index (κ1) is 33.6. The van der Waals surface area contributed by atoms with Gasteiger partial charge in [0.2, 0.25) is 0 Å². The number of nitrogens with zero attached hydrogens (tertiary/aromatic N) is 1. The molecule has 0 saturated heterocycles. The summed E-state index contributed by atoms with van der Waals surface area (Å²) in [6.45, 7) is 4.48. The van der Waals surface area contributed by atoms with Gasteiger partial charge in [0.15, 0.2) is 0 Å². The summed E-state index contributed by atoms with van der Waals surface area (Å²) in [6.07, 6.45) is 0. The summed E-state index contributed by atoms with van der Waals surface area (Å²) in [5.41, 5.74) is 17.9. The molecular formula is C55H41N. The van der Waals surface area contributed by atoms with Crippen LogP contribution in [0.3, 0.4) is 0 Å². The lowest BCUT2D eigenvalue weighted by atomic mass is 9.67. The highest BCUT2D eigenvalue weighted by atomic mass is 15.1. The summed E-state index contributed by atoms with van der Waals surface area (Å²) in [6, 6.07) is 78.3. The average molecular weight is 716 g/mol. The summed E-state index contributed by atoms with van der Waals surface area (Å²) < 4.78 is 0. The second kappa shape index (κ2) is 13.7. The molecule has 0 radical (unpaired) electrons. The van der Waals surface area contributed by atoms with Crippen molar-refractivity contribution in [2.24, 2.45) is 0 Å². The lowest BCUT2D eigenvalue weighted by Crippen LogP contribution is -2.28. The Morgan fingerprint density at radius 1 is 0.357 bits per heavy atom. The molecule has 0 aromatic heterocycles. The first-order chi connectivity index (χ1) is 27.6. The van der Waals surface area contributed by atoms with E-state index in [1.165, 1.54) is 77.5 Å². The zero-order valence-corrected chi connectivity index (χ0v) is 31.7. The van der Waals surface area contributed by atoms with E-state index in [1.807, 2.05) is 0 Å². The maximum Gasteiger partial charge on any atom is 0.0714 e. The van der Waals surface area contributed by atoms with Crippen LogP contribution in [0.25, 0.3) is 44.2 Å². The summed E-state index contributed by atoms with van der Waals surface area (Å²) >= 11 is 0. The van der Waals surface area contributed by atoms with E-state index in [4.69, 9.17) is 0 Å². The first-order valence-corrected chi connectivity index (χ1v) is 19.5. The second-order valence-corrected chi connectivity index (χ2v) is 15.0. The van der Waals surface area contributed by atoms with E-state index in [-0.39, 0.29) is 0 Å². The molecule has 1 aliphatic carbocycles. The number of aryl methyl sites for hydroxylation is 2. The van der Waals surface area contributed by atoms with Gasteiger partial charge >= 0.3 is 0 Å². The van der Waals surface area contributed by atoms with Gasteiger partial charge in [0, 0.05) is 16.8 Å². The molecule has 0 atom stereocenters. The van der Waals surface area contributed by atoms with Crippen molar-refractivity contribution in [1.82, 2.24) is 0 Å². The smallest absolute Gasteiger partial charge is 0.0714 e. The molecule has 0 bridgehead atoms. The van der Waals surface area contributed by atoms with Crippen LogP contribution in [-0.2, 0) is 5.41 Å². The van der Waals surface area contributed by atoms with Crippen molar-refractivity contribution in [3.8, 4) is 33.4 Å². The highest BCUT2D eigenvalue weighted by Crippen LogP contribution is 2.58. The molecule has 1 nitrogen and oxygen atoms in total. The maximum absolute atomic E-state index is 2.52. The van der Waals surface area contributed by atoms with E-state index in [9.17, 15) is 0 Å². The molecule has 0 heterocycles. The minimum absolute atomic E-state index is 0.526. The standard InChI is InChI=1S/C55H41N/c1-38-19-12-15-29-46(38)49-35-41-23-13-14-24-42(41)36-53(49)56(52-32-17-16-30-47(52)40-21-6-3-7-22-40)45-33-34-48-51(37-45)55(43-25-8-4-9-26-43,44-27-10-5-11-28-44)50-31-18-20-39(2)54(48)50/h3-37H,1-2H3. The van der Waals surface area contributed by atoms with Crippen LogP contribution in [0.4, 0.5) is 17.1 Å². The number of benzene rings is 9. The van der Waals surface area contributed by atoms with Crippen molar-refractivity contribution < 1.29 is 0 Å². The van der Waals surface area contributed by atoms with E-state index in [0.29, 0.717) is 0 Å². The molecule has 10 rings (SSSR count). The number of fused-ring (bicyclic) bond motifs is 4. The highest BCUT2D eigenvalue weighted by Gasteiger charge is 2.47. The predicted molar refractivity (Wildman–Crippen MR) is 236 cm³/mol. The van der Waals surface area contributed by atoms with Crippen molar-refractivity contribution in [2.75, 3.05) is 4.90 Å². The fourth-order valence-corrected chi connectivity index (χ4v) is 9.29. The molecule has 9 aromatic carbocycles. The Balaban J connectivity index is 1.33. The van der Waals surface area contributed by atoms with Crippen molar-refractivity contribution in [2.45, 2.75) is 19.3 Å². The Hall–Kier alpha value is -6.96. The van der Waals surface area contributed by atoms with Crippen LogP contribution in [0.5, 0.6) is 0 Å². The van der Waals surface area contributed by atoms with Crippen LogP contribution in [-0.4, -0.2) is 0 Å². The van der Waals surface area contributed by atoms with E-state index in [2.05, 4.69) is 231 Å². The fraction of sp³-hybridized carbons (Fsp3) is 0.0545. The second-order valence-electron chi connectivity index (χ2n) is 15.0. The molecule has 0 N–H and O–H groups in total. The molecule has 9 aromatic rings. The minimum Gasteiger partial charge on any atom is -0.309 e. The Labute approximate surface area is 329 Å². The third kappa shape index (κ3) is 5.31. The van der Waals surface area contributed by atoms with Crippen LogP contribution >= 0.6 is 0 Å². The van der Waals surface area contributed by atoms with Gasteiger partial charge in [-0.3, -0.25) is 0 Å². The van der Waals surface area contributed by atoms with Crippen LogP contribution in [0.1, 0.15) is 33.4 Å². The van der Waals surface area contributed by atoms with Gasteiger partial charge in [-0.2, -0.15) is 0 Å². The van der Waals surface area contributed by atoms with Crippen LogP contribution < -0.4 is 4.90 Å². The molecule has 0 spiro atoms. The minimum atomic E-state index is -0.526. The monoisotopic (exact) mass is 715 g/mol. The Bertz CT molecular complexity index is 2830. The van der Waals surface area contributed by atoms with Crippen LogP contribution in [0, 0.1) is 13.8 Å². The summed E-state index contributed by atoms with van der Waals surface area (Å²) in [5, 5.41) is 2.42. The first-order valence-electron chi connectivity index (χ1n) is 19.5. The van der Waals surface area contributed by atoms with Gasteiger partial charge in [-0.25, -0.2) is 0 Å². The number of para-hydroxylation sites is 1. The molecule has 0 unspecified atom stereocenters. The average Bonchev–Trinajstić information content (AvgIpc) is 3.56. The molecule has 0 fully saturated rings. The quantitative estimate of drug-likeness (QED) is 0.159. The number of rotatable bonds is 7. The summed E-state index contributed by atoms with van der Waals surface area (Å²) in [7, 11) is 0. The van der Waals surface area contributed by atoms with Crippen LogP contribution in [0.2, 0.25) is 0 Å². The van der Waals surface area contributed by atoms with E-state index in [0.717, 1.165) is 17.1 Å². The van der Waals surface area contributed by atoms with Gasteiger partial charge in [0.25, 0.3) is 0 Å². The van der Waals surface area contributed by atoms with E-state index < -0.39 is 5.41 Å². The summed E-state index contributed by atoms with van der Waals surface area (Å²) in [5.74, 6) is 0. The molecule has 1 aliphatic rings. The number of hydrogen-bond donors (Lipinski definition) is 0. The predicted octanol–water partition coefficient (Wildman–Crippen LogP) is 14.6. The Morgan fingerprint density at radius 3 is 1.62 bits per heavy atom. The normalized spacial score (nSPS) is 12.6. The van der Waals surface area contributed by atoms with Gasteiger partial charge in [-0.15, -0.1) is 0 Å². The topological polar surface area (TPSA) is 3.24 Å². The lowest BCUT2D eigenvalue weighted by molar-refractivity contribution is 0.768. The largest absolute Gasteiger partial charge is 0.309 e. The molecule has 0 saturated carbocycles. The van der Waals surface area contributed by atoms with E-state index in [1.54, 1.807) is 0 Å². The molecule has 0 aliphatic heterocycles. The molecule has 56 heavy (non-hydrogen) atoms. The fourth-order valence-electron chi connectivity index (χ4n) is 9.29. The van der Waals surface area contributed by atoms with Crippen molar-refractivity contribution >= 4 is 27.8 Å². The van der Waals surface area contributed by atoms with Crippen molar-refractivity contribution in [3.05, 3.63) is 246 Å². The SMILES string of the molecule is Cc1ccccc1-c1cc2ccccc2cc1N(c1ccc2c(c1)C(c1ccccc1)(c1ccccc1)c1cccc(C)c1-2)c1ccccc1-c1ccccc1. The van der Waals surface area contributed by atoms with Crippen molar-refractivity contribution in [3.63, 3.8) is 0 Å². The Kier molecular flexibility index (Phi) is 8.23. The number of anilines is 3. The van der Waals surface area contributed by atoms with Gasteiger partial charge in [0.05, 0.1) is 16.8 Å².